The molecule has 3 rings (SSSR count). The summed E-state index contributed by atoms with van der Waals surface area (Å²) in [4.78, 5) is 4.77. The molecule has 0 heterocycles. The van der Waals surface area contributed by atoms with Crippen molar-refractivity contribution < 1.29 is 24.5 Å². The number of methoxy groups -OCH3 is 1. The van der Waals surface area contributed by atoms with Gasteiger partial charge in [-0.1, -0.05) is 51.1 Å². The molecule has 0 atom stereocenters. The Balaban J connectivity index is 0.000000890. The fourth-order valence-corrected chi connectivity index (χ4v) is 3.40. The van der Waals surface area contributed by atoms with E-state index in [-0.39, 0.29) is 11.2 Å². The monoisotopic (exact) mass is 540 g/mol. The topological polar surface area (TPSA) is 41.8 Å². The maximum atomic E-state index is 10.8. The van der Waals surface area contributed by atoms with Crippen molar-refractivity contribution in [3.8, 4) is 22.6 Å². The van der Waals surface area contributed by atoms with Gasteiger partial charge < -0.3 is 9.84 Å². The summed E-state index contributed by atoms with van der Waals surface area (Å²) in [7, 11) is 16.6. The molecule has 33 heavy (non-hydrogen) atoms. The van der Waals surface area contributed by atoms with Crippen LogP contribution in [-0.2, 0) is 20.1 Å². The number of hydrogen-bond acceptors (Lipinski definition) is 3. The summed E-state index contributed by atoms with van der Waals surface area (Å²) in [5.41, 5.74) is 6.69. The van der Waals surface area contributed by atoms with Gasteiger partial charge in [-0.05, 0) is 60.2 Å². The van der Waals surface area contributed by atoms with Crippen LogP contribution in [0.5, 0.6) is 11.5 Å². The molecule has 0 amide bonds. The summed E-state index contributed by atoms with van der Waals surface area (Å²) in [5, 5.41) is 10.8. The average Bonchev–Trinajstić information content (AvgIpc) is 2.74. The summed E-state index contributed by atoms with van der Waals surface area (Å²) in [6.07, 6.45) is 1.74. The number of halogens is 3. The van der Waals surface area contributed by atoms with E-state index >= 15 is 0 Å². The number of rotatable bonds is 4. The molecule has 0 fully saturated rings. The average molecular weight is 542 g/mol. The van der Waals surface area contributed by atoms with Crippen molar-refractivity contribution in [1.29, 1.82) is 0 Å². The van der Waals surface area contributed by atoms with Gasteiger partial charge in [0.25, 0.3) is 0 Å². The first-order valence-corrected chi connectivity index (χ1v) is 16.8. The zero-order chi connectivity index (χ0) is 24.8. The molecule has 0 unspecified atom stereocenters. The van der Waals surface area contributed by atoms with E-state index in [1.165, 1.54) is 11.1 Å². The van der Waals surface area contributed by atoms with Gasteiger partial charge in [0.15, 0.2) is 0 Å². The van der Waals surface area contributed by atoms with E-state index in [0.29, 0.717) is 5.56 Å². The van der Waals surface area contributed by atoms with E-state index in [2.05, 4.69) is 46.8 Å². The van der Waals surface area contributed by atoms with E-state index < -0.39 is 14.7 Å². The Morgan fingerprint density at radius 1 is 0.909 bits per heavy atom. The number of benzene rings is 3. The van der Waals surface area contributed by atoms with E-state index in [1.807, 2.05) is 42.5 Å². The number of aliphatic imine (C=N–C) groups is 1. The Morgan fingerprint density at radius 3 is 2.12 bits per heavy atom. The Bertz CT molecular complexity index is 1120. The van der Waals surface area contributed by atoms with Crippen molar-refractivity contribution >= 4 is 39.8 Å². The minimum atomic E-state index is -1.92. The predicted molar refractivity (Wildman–Crippen MR) is 140 cm³/mol. The van der Waals surface area contributed by atoms with Crippen molar-refractivity contribution in [3.05, 3.63) is 76.9 Å². The number of phenolic OH excluding ortho intramolecular Hbond substituents is 1. The third kappa shape index (κ3) is 7.77. The zero-order valence-corrected chi connectivity index (χ0v) is 23.5. The van der Waals surface area contributed by atoms with Crippen molar-refractivity contribution in [2.24, 2.45) is 4.99 Å². The van der Waals surface area contributed by atoms with Crippen LogP contribution in [0.4, 0.5) is 5.69 Å². The van der Waals surface area contributed by atoms with Crippen LogP contribution in [0.3, 0.4) is 0 Å². The van der Waals surface area contributed by atoms with Crippen LogP contribution in [0.2, 0.25) is 0 Å². The molecule has 3 aromatic rings. The summed E-state index contributed by atoms with van der Waals surface area (Å²) >= 11 is -1.92. The van der Waals surface area contributed by atoms with Crippen LogP contribution in [-0.4, -0.2) is 18.4 Å². The van der Waals surface area contributed by atoms with Crippen molar-refractivity contribution in [3.63, 3.8) is 0 Å². The first-order chi connectivity index (χ1) is 15.5. The second-order valence-corrected chi connectivity index (χ2v) is 16.4. The molecule has 175 valence electrons. The number of nitrogens with zero attached hydrogens (tertiary/aromatic N) is 1. The molecular weight excluding hydrogens is 513 g/mol. The van der Waals surface area contributed by atoms with Gasteiger partial charge >= 0.3 is 42.6 Å². The van der Waals surface area contributed by atoms with Gasteiger partial charge in [-0.2, -0.15) is 0 Å². The van der Waals surface area contributed by atoms with E-state index in [9.17, 15) is 5.11 Å². The molecular formula is C26H29Cl3NO2Ti. The van der Waals surface area contributed by atoms with Crippen molar-refractivity contribution in [2.75, 3.05) is 7.11 Å². The van der Waals surface area contributed by atoms with Crippen LogP contribution < -0.4 is 4.74 Å². The number of para-hydroxylation sites is 2. The molecule has 0 saturated heterocycles. The normalized spacial score (nSPS) is 11.2. The molecule has 0 radical (unpaired) electrons. The van der Waals surface area contributed by atoms with Gasteiger partial charge in [0.1, 0.15) is 11.5 Å². The standard InChI is InChI=1S/C26H29NO2.3ClH.Ti/c1-17-14-21(20-11-7-8-13-24(20)29-6)23(15-18(17)2)27-16-19-10-9-12-22(25(19)28)26(3,4)5;;;;/h7-16,28H,1-6H3;3*1H;/q;;;;+3/p-3. The van der Waals surface area contributed by atoms with E-state index in [4.69, 9.17) is 37.6 Å². The second kappa shape index (κ2) is 12.3. The number of ether oxygens (including phenoxy) is 1. The fourth-order valence-electron chi connectivity index (χ4n) is 3.40. The zero-order valence-electron chi connectivity index (χ0n) is 19.7. The molecule has 0 aromatic heterocycles. The Kier molecular flexibility index (Phi) is 10.3. The molecule has 7 heteroatoms. The molecule has 0 aliphatic carbocycles. The molecule has 0 bridgehead atoms. The van der Waals surface area contributed by atoms with Gasteiger partial charge in [0.05, 0.1) is 12.8 Å². The summed E-state index contributed by atoms with van der Waals surface area (Å²) in [5.74, 6) is 1.09. The van der Waals surface area contributed by atoms with E-state index in [0.717, 1.165) is 28.1 Å². The van der Waals surface area contributed by atoms with Gasteiger partial charge in [-0.25, -0.2) is 0 Å². The SMILES string of the molecule is COc1ccccc1-c1cc(C)c(C)cc1N=Cc1cccc(C(C)(C)C)c1O.[Cl][Ti]([Cl])[Cl]. The van der Waals surface area contributed by atoms with Crippen LogP contribution >= 0.6 is 27.9 Å². The van der Waals surface area contributed by atoms with Crippen LogP contribution in [0.25, 0.3) is 11.1 Å². The van der Waals surface area contributed by atoms with Gasteiger partial charge in [0, 0.05) is 22.9 Å². The number of phenols is 1. The van der Waals surface area contributed by atoms with Crippen LogP contribution in [0.1, 0.15) is 43.0 Å². The third-order valence-electron chi connectivity index (χ3n) is 5.23. The Hall–Kier alpha value is -1.49. The quantitative estimate of drug-likeness (QED) is 0.265. The fraction of sp³-hybridized carbons (Fsp3) is 0.269. The van der Waals surface area contributed by atoms with Gasteiger partial charge in [-0.3, -0.25) is 4.99 Å². The summed E-state index contributed by atoms with van der Waals surface area (Å²) < 4.78 is 5.57. The number of aryl methyl sites for hydroxylation is 2. The Morgan fingerprint density at radius 2 is 1.52 bits per heavy atom. The van der Waals surface area contributed by atoms with Crippen LogP contribution in [0.15, 0.2) is 59.6 Å². The first kappa shape index (κ1) is 27.8. The van der Waals surface area contributed by atoms with Crippen molar-refractivity contribution in [2.45, 2.75) is 40.0 Å². The van der Waals surface area contributed by atoms with Gasteiger partial charge in [-0.15, -0.1) is 0 Å². The number of hydrogen-bond donors (Lipinski definition) is 1. The predicted octanol–water partition coefficient (Wildman–Crippen LogP) is 8.80. The number of aromatic hydroxyl groups is 1. The minimum absolute atomic E-state index is 0.142. The summed E-state index contributed by atoms with van der Waals surface area (Å²) in [6, 6.07) is 18.0. The molecule has 0 spiro atoms. The second-order valence-electron chi connectivity index (χ2n) is 8.62. The van der Waals surface area contributed by atoms with Crippen LogP contribution in [0, 0.1) is 13.8 Å². The Labute approximate surface area is 214 Å². The maximum absolute atomic E-state index is 10.8. The molecule has 0 aliphatic rings. The van der Waals surface area contributed by atoms with E-state index in [1.54, 1.807) is 13.3 Å². The molecule has 3 nitrogen and oxygen atoms in total. The van der Waals surface area contributed by atoms with Gasteiger partial charge in [0.2, 0.25) is 0 Å². The third-order valence-corrected chi connectivity index (χ3v) is 5.23. The summed E-state index contributed by atoms with van der Waals surface area (Å²) in [6.45, 7) is 10.4. The first-order valence-electron chi connectivity index (χ1n) is 10.4. The van der Waals surface area contributed by atoms with Crippen molar-refractivity contribution in [1.82, 2.24) is 0 Å². The molecule has 0 saturated carbocycles. The molecule has 1 N–H and O–H groups in total. The molecule has 0 aliphatic heterocycles. The molecule has 3 aromatic carbocycles.